The second kappa shape index (κ2) is 11.7. The molecule has 37 heavy (non-hydrogen) atoms. The first-order chi connectivity index (χ1) is 17.6. The highest BCUT2D eigenvalue weighted by atomic mass is 32.2. The van der Waals surface area contributed by atoms with Gasteiger partial charge in [-0.1, -0.05) is 17.4 Å². The van der Waals surface area contributed by atoms with E-state index in [1.807, 2.05) is 24.1 Å². The summed E-state index contributed by atoms with van der Waals surface area (Å²) in [6, 6.07) is 6.82. The number of nitrogens with zero attached hydrogens (tertiary/aromatic N) is 3. The van der Waals surface area contributed by atoms with E-state index in [1.165, 1.54) is 10.4 Å². The van der Waals surface area contributed by atoms with Gasteiger partial charge in [0, 0.05) is 19.1 Å². The van der Waals surface area contributed by atoms with Crippen molar-refractivity contribution in [1.82, 2.24) is 14.2 Å². The van der Waals surface area contributed by atoms with E-state index in [0.717, 1.165) is 29.2 Å². The molecule has 2 aromatic heterocycles. The van der Waals surface area contributed by atoms with Crippen molar-refractivity contribution >= 4 is 38.1 Å². The zero-order valence-corrected chi connectivity index (χ0v) is 22.0. The maximum Gasteiger partial charge on any atom is 0.214 e. The summed E-state index contributed by atoms with van der Waals surface area (Å²) in [5.74, 6) is -2.02. The first-order valence-corrected chi connectivity index (χ1v) is 14.3. The van der Waals surface area contributed by atoms with Gasteiger partial charge in [-0.05, 0) is 57.1 Å². The van der Waals surface area contributed by atoms with Gasteiger partial charge >= 0.3 is 0 Å². The van der Waals surface area contributed by atoms with Gasteiger partial charge in [-0.15, -0.1) is 0 Å². The lowest BCUT2D eigenvalue weighted by Gasteiger charge is -2.31. The van der Waals surface area contributed by atoms with Gasteiger partial charge in [0.25, 0.3) is 0 Å². The average Bonchev–Trinajstić information content (AvgIpc) is 3.48. The van der Waals surface area contributed by atoms with Crippen LogP contribution in [-0.4, -0.2) is 66.9 Å². The fourth-order valence-electron chi connectivity index (χ4n) is 4.23. The lowest BCUT2D eigenvalue weighted by atomic mass is 10.1. The molecule has 0 amide bonds. The number of aromatic nitrogens is 1. The molecule has 9 nitrogen and oxygen atoms in total. The summed E-state index contributed by atoms with van der Waals surface area (Å²) in [5, 5.41) is 3.53. The van der Waals surface area contributed by atoms with Gasteiger partial charge in [0.2, 0.25) is 15.8 Å². The first-order valence-electron chi connectivity index (χ1n) is 11.8. The van der Waals surface area contributed by atoms with Crippen LogP contribution in [0.5, 0.6) is 0 Å². The number of carbonyl (C=O) groups excluding carboxylic acids is 1. The molecule has 0 spiro atoms. The molecule has 0 unspecified atom stereocenters. The Morgan fingerprint density at radius 1 is 1.24 bits per heavy atom. The lowest BCUT2D eigenvalue weighted by molar-refractivity contribution is 0.103. The molecule has 0 saturated carbocycles. The molecule has 200 valence electrons. The fraction of sp³-hybridized carbons (Fsp3) is 0.417. The Balaban J connectivity index is 1.27. The van der Waals surface area contributed by atoms with Crippen LogP contribution in [0.4, 0.5) is 19.7 Å². The van der Waals surface area contributed by atoms with Gasteiger partial charge < -0.3 is 15.5 Å². The molecular weight excluding hydrogens is 524 g/mol. The minimum Gasteiger partial charge on any atom is -0.468 e. The molecule has 13 heteroatoms. The number of ketones is 1. The molecule has 1 fully saturated rings. The zero-order valence-electron chi connectivity index (χ0n) is 20.3. The van der Waals surface area contributed by atoms with Crippen LogP contribution in [0.2, 0.25) is 0 Å². The average molecular weight is 554 g/mol. The molecule has 0 bridgehead atoms. The predicted octanol–water partition coefficient (Wildman–Crippen LogP) is 3.56. The molecule has 1 saturated heterocycles. The minimum absolute atomic E-state index is 0.0523. The van der Waals surface area contributed by atoms with Crippen LogP contribution in [0, 0.1) is 11.6 Å². The van der Waals surface area contributed by atoms with E-state index < -0.39 is 33.0 Å². The maximum atomic E-state index is 14.0. The van der Waals surface area contributed by atoms with E-state index in [4.69, 9.17) is 10.2 Å². The number of rotatable bonds is 11. The summed E-state index contributed by atoms with van der Waals surface area (Å²) in [5.41, 5.74) is 5.20. The third-order valence-corrected chi connectivity index (χ3v) is 9.13. The topological polar surface area (TPSA) is 122 Å². The molecule has 4 rings (SSSR count). The summed E-state index contributed by atoms with van der Waals surface area (Å²) < 4.78 is 60.5. The fourth-order valence-corrected chi connectivity index (χ4v) is 6.66. The van der Waals surface area contributed by atoms with Crippen molar-refractivity contribution in [3.05, 3.63) is 64.4 Å². The van der Waals surface area contributed by atoms with Crippen LogP contribution in [-0.2, 0) is 16.6 Å². The van der Waals surface area contributed by atoms with Crippen molar-refractivity contribution in [3.63, 3.8) is 0 Å². The third kappa shape index (κ3) is 6.72. The molecule has 1 aromatic carbocycles. The highest BCUT2D eigenvalue weighted by Crippen LogP contribution is 2.30. The third-order valence-electron chi connectivity index (χ3n) is 6.17. The number of sulfonamides is 1. The monoisotopic (exact) mass is 553 g/mol. The predicted molar refractivity (Wildman–Crippen MR) is 138 cm³/mol. The highest BCUT2D eigenvalue weighted by Gasteiger charge is 2.29. The summed E-state index contributed by atoms with van der Waals surface area (Å²) in [6.45, 7) is 1.96. The lowest BCUT2D eigenvalue weighted by Crippen LogP contribution is -2.43. The molecule has 0 aliphatic carbocycles. The number of nitrogens with one attached hydrogen (secondary N) is 1. The minimum atomic E-state index is -3.38. The number of hydrogen-bond acceptors (Lipinski definition) is 9. The molecular formula is C24H29F2N5O4S2. The summed E-state index contributed by atoms with van der Waals surface area (Å²) in [7, 11) is -1.46. The van der Waals surface area contributed by atoms with Crippen LogP contribution >= 0.6 is 11.3 Å². The Morgan fingerprint density at radius 3 is 2.59 bits per heavy atom. The number of thiazole rings is 1. The van der Waals surface area contributed by atoms with E-state index >= 15 is 0 Å². The van der Waals surface area contributed by atoms with Crippen LogP contribution < -0.4 is 11.1 Å². The maximum absolute atomic E-state index is 14.0. The largest absolute Gasteiger partial charge is 0.468 e. The Kier molecular flexibility index (Phi) is 8.57. The van der Waals surface area contributed by atoms with Crippen molar-refractivity contribution in [2.45, 2.75) is 31.8 Å². The second-order valence-corrected chi connectivity index (χ2v) is 12.1. The molecule has 3 aromatic rings. The Labute approximate surface area is 218 Å². The number of benzene rings is 1. The van der Waals surface area contributed by atoms with Crippen LogP contribution in [0.1, 0.15) is 40.3 Å². The second-order valence-electron chi connectivity index (χ2n) is 8.96. The normalized spacial score (nSPS) is 15.4. The van der Waals surface area contributed by atoms with E-state index in [9.17, 15) is 22.0 Å². The number of halogens is 2. The molecule has 0 radical (unpaired) electrons. The zero-order chi connectivity index (χ0) is 26.6. The van der Waals surface area contributed by atoms with Gasteiger partial charge in [-0.2, -0.15) is 0 Å². The summed E-state index contributed by atoms with van der Waals surface area (Å²) in [6.07, 6.45) is 3.21. The summed E-state index contributed by atoms with van der Waals surface area (Å²) in [4.78, 5) is 18.8. The number of nitrogens with two attached hydrogens (primary N) is 1. The first kappa shape index (κ1) is 27.2. The Morgan fingerprint density at radius 2 is 1.95 bits per heavy atom. The molecule has 0 atom stereocenters. The molecule has 1 aliphatic heterocycles. The summed E-state index contributed by atoms with van der Waals surface area (Å²) >= 11 is 0.921. The molecule has 1 aliphatic rings. The standard InChI is InChI=1S/C24H29F2N5O4S2/c1-30(15-17-5-3-13-35-17)10-4-14-37(33,34)31-11-8-16(9-12-31)28-24-29-23(27)22(36-24)21(32)20-18(25)6-2-7-19(20)26/h2-3,5-7,13,16H,4,8-12,14-15,27H2,1H3,(H,28,29). The smallest absolute Gasteiger partial charge is 0.214 e. The SMILES string of the molecule is CN(CCCS(=O)(=O)N1CCC(Nc2nc(N)c(C(=O)c3c(F)cccc3F)s2)CC1)Cc1ccco1. The van der Waals surface area contributed by atoms with Crippen LogP contribution in [0.25, 0.3) is 0 Å². The number of carbonyl (C=O) groups is 1. The number of anilines is 2. The highest BCUT2D eigenvalue weighted by molar-refractivity contribution is 7.89. The van der Waals surface area contributed by atoms with Gasteiger partial charge in [0.15, 0.2) is 5.13 Å². The van der Waals surface area contributed by atoms with E-state index in [0.29, 0.717) is 50.6 Å². The number of furan rings is 1. The number of nitrogen functional groups attached to an aromatic ring is 1. The Bertz CT molecular complexity index is 1300. The van der Waals surface area contributed by atoms with Crippen molar-refractivity contribution < 1.29 is 26.4 Å². The number of piperidine rings is 1. The van der Waals surface area contributed by atoms with Gasteiger partial charge in [-0.25, -0.2) is 26.5 Å². The van der Waals surface area contributed by atoms with Crippen molar-refractivity contribution in [1.29, 1.82) is 0 Å². The van der Waals surface area contributed by atoms with Gasteiger partial charge in [0.1, 0.15) is 28.1 Å². The van der Waals surface area contributed by atoms with E-state index in [-0.39, 0.29) is 22.5 Å². The molecule has 3 heterocycles. The van der Waals surface area contributed by atoms with Crippen molar-refractivity contribution in [2.75, 3.05) is 43.5 Å². The van der Waals surface area contributed by atoms with E-state index in [1.54, 1.807) is 6.26 Å². The van der Waals surface area contributed by atoms with Crippen LogP contribution in [0.3, 0.4) is 0 Å². The molecule has 3 N–H and O–H groups in total. The quantitative estimate of drug-likeness (QED) is 0.346. The van der Waals surface area contributed by atoms with Crippen LogP contribution in [0.15, 0.2) is 41.0 Å². The van der Waals surface area contributed by atoms with Gasteiger partial charge in [-0.3, -0.25) is 9.69 Å². The van der Waals surface area contributed by atoms with Crippen molar-refractivity contribution in [2.24, 2.45) is 0 Å². The van der Waals surface area contributed by atoms with E-state index in [2.05, 4.69) is 10.3 Å². The van der Waals surface area contributed by atoms with Crippen molar-refractivity contribution in [3.8, 4) is 0 Å². The Hall–Kier alpha value is -2.87. The number of hydrogen-bond donors (Lipinski definition) is 2. The van der Waals surface area contributed by atoms with Gasteiger partial charge in [0.05, 0.1) is 24.1 Å².